The SMILES string of the molecule is O=C(Nc1ccc(Br)cc1)c1ccc(=O)n(Cc2cccc(F)c2)n1. The van der Waals surface area contributed by atoms with Crippen LogP contribution in [0.2, 0.25) is 0 Å². The number of hydrogen-bond donors (Lipinski definition) is 1. The van der Waals surface area contributed by atoms with Gasteiger partial charge in [0.2, 0.25) is 0 Å². The highest BCUT2D eigenvalue weighted by Crippen LogP contribution is 2.14. The Kier molecular flexibility index (Phi) is 5.04. The van der Waals surface area contributed by atoms with Gasteiger partial charge in [0.25, 0.3) is 11.5 Å². The summed E-state index contributed by atoms with van der Waals surface area (Å²) in [6.45, 7) is 0.0794. The molecule has 3 rings (SSSR count). The molecule has 0 fully saturated rings. The van der Waals surface area contributed by atoms with Gasteiger partial charge in [0.15, 0.2) is 0 Å². The van der Waals surface area contributed by atoms with Crippen LogP contribution >= 0.6 is 15.9 Å². The molecule has 1 amide bonds. The Hall–Kier alpha value is -2.80. The quantitative estimate of drug-likeness (QED) is 0.727. The molecule has 126 valence electrons. The molecular formula is C18H13BrFN3O2. The van der Waals surface area contributed by atoms with Crippen molar-refractivity contribution in [3.8, 4) is 0 Å². The van der Waals surface area contributed by atoms with Crippen molar-refractivity contribution < 1.29 is 9.18 Å². The maximum Gasteiger partial charge on any atom is 0.276 e. The minimum atomic E-state index is -0.435. The minimum Gasteiger partial charge on any atom is -0.321 e. The van der Waals surface area contributed by atoms with E-state index < -0.39 is 11.7 Å². The zero-order valence-electron chi connectivity index (χ0n) is 12.9. The van der Waals surface area contributed by atoms with E-state index in [-0.39, 0.29) is 17.8 Å². The Labute approximate surface area is 151 Å². The third kappa shape index (κ3) is 4.39. The second kappa shape index (κ2) is 7.40. The summed E-state index contributed by atoms with van der Waals surface area (Å²) in [4.78, 5) is 24.3. The molecule has 0 spiro atoms. The van der Waals surface area contributed by atoms with Gasteiger partial charge in [-0.1, -0.05) is 28.1 Å². The molecule has 1 heterocycles. The van der Waals surface area contributed by atoms with E-state index in [4.69, 9.17) is 0 Å². The van der Waals surface area contributed by atoms with Crippen LogP contribution in [-0.4, -0.2) is 15.7 Å². The predicted molar refractivity (Wildman–Crippen MR) is 96.1 cm³/mol. The van der Waals surface area contributed by atoms with Crippen LogP contribution in [-0.2, 0) is 6.54 Å². The molecule has 25 heavy (non-hydrogen) atoms. The molecule has 1 aromatic heterocycles. The first kappa shape index (κ1) is 17.0. The zero-order chi connectivity index (χ0) is 17.8. The monoisotopic (exact) mass is 401 g/mol. The van der Waals surface area contributed by atoms with Crippen LogP contribution in [0.1, 0.15) is 16.1 Å². The number of benzene rings is 2. The van der Waals surface area contributed by atoms with Crippen LogP contribution in [0.4, 0.5) is 10.1 Å². The molecule has 0 saturated carbocycles. The summed E-state index contributed by atoms with van der Waals surface area (Å²) in [5, 5.41) is 6.78. The number of carbonyl (C=O) groups is 1. The van der Waals surface area contributed by atoms with Crippen molar-refractivity contribution in [3.63, 3.8) is 0 Å². The molecule has 0 aliphatic carbocycles. The average molecular weight is 402 g/mol. The summed E-state index contributed by atoms with van der Waals surface area (Å²) >= 11 is 3.32. The van der Waals surface area contributed by atoms with Crippen molar-refractivity contribution in [1.82, 2.24) is 9.78 Å². The molecule has 0 atom stereocenters. The van der Waals surface area contributed by atoms with Crippen LogP contribution in [0.15, 0.2) is 69.9 Å². The molecule has 1 N–H and O–H groups in total. The maximum absolute atomic E-state index is 13.3. The summed E-state index contributed by atoms with van der Waals surface area (Å²) in [7, 11) is 0. The average Bonchev–Trinajstić information content (AvgIpc) is 2.59. The number of anilines is 1. The van der Waals surface area contributed by atoms with Gasteiger partial charge in [0.05, 0.1) is 6.54 Å². The Morgan fingerprint density at radius 1 is 1.12 bits per heavy atom. The van der Waals surface area contributed by atoms with Crippen molar-refractivity contribution >= 4 is 27.5 Å². The Morgan fingerprint density at radius 3 is 2.60 bits per heavy atom. The van der Waals surface area contributed by atoms with Crippen LogP contribution < -0.4 is 10.9 Å². The number of halogens is 2. The third-order valence-electron chi connectivity index (χ3n) is 3.42. The lowest BCUT2D eigenvalue weighted by Crippen LogP contribution is -2.26. The highest BCUT2D eigenvalue weighted by Gasteiger charge is 2.10. The highest BCUT2D eigenvalue weighted by molar-refractivity contribution is 9.10. The number of amides is 1. The van der Waals surface area contributed by atoms with E-state index in [1.807, 2.05) is 0 Å². The van der Waals surface area contributed by atoms with Gasteiger partial charge in [-0.25, -0.2) is 9.07 Å². The molecule has 7 heteroatoms. The van der Waals surface area contributed by atoms with Crippen molar-refractivity contribution in [1.29, 1.82) is 0 Å². The van der Waals surface area contributed by atoms with E-state index in [0.717, 1.165) is 9.15 Å². The van der Waals surface area contributed by atoms with E-state index in [2.05, 4.69) is 26.3 Å². The Balaban J connectivity index is 1.82. The number of nitrogens with zero attached hydrogens (tertiary/aromatic N) is 2. The molecule has 0 unspecified atom stereocenters. The summed E-state index contributed by atoms with van der Waals surface area (Å²) in [5.74, 6) is -0.829. The van der Waals surface area contributed by atoms with E-state index in [1.165, 1.54) is 24.3 Å². The molecule has 5 nitrogen and oxygen atoms in total. The number of nitrogens with one attached hydrogen (secondary N) is 1. The maximum atomic E-state index is 13.3. The van der Waals surface area contributed by atoms with Crippen molar-refractivity contribution in [2.75, 3.05) is 5.32 Å². The van der Waals surface area contributed by atoms with Crippen molar-refractivity contribution in [3.05, 3.63) is 92.6 Å². The minimum absolute atomic E-state index is 0.0794. The largest absolute Gasteiger partial charge is 0.321 e. The first-order chi connectivity index (χ1) is 12.0. The number of hydrogen-bond acceptors (Lipinski definition) is 3. The molecule has 0 aliphatic rings. The zero-order valence-corrected chi connectivity index (χ0v) is 14.5. The first-order valence-electron chi connectivity index (χ1n) is 7.41. The van der Waals surface area contributed by atoms with Crippen LogP contribution in [0.25, 0.3) is 0 Å². The summed E-state index contributed by atoms with van der Waals surface area (Å²) in [5.41, 5.74) is 0.918. The van der Waals surface area contributed by atoms with Gasteiger partial charge in [-0.2, -0.15) is 5.10 Å². The summed E-state index contributed by atoms with van der Waals surface area (Å²) < 4.78 is 15.3. The molecule has 0 radical (unpaired) electrons. The van der Waals surface area contributed by atoms with Crippen molar-refractivity contribution in [2.24, 2.45) is 0 Å². The van der Waals surface area contributed by atoms with Gasteiger partial charge in [0.1, 0.15) is 11.5 Å². The van der Waals surface area contributed by atoms with E-state index >= 15 is 0 Å². The molecule has 2 aromatic carbocycles. The lowest BCUT2D eigenvalue weighted by atomic mass is 10.2. The third-order valence-corrected chi connectivity index (χ3v) is 3.95. The lowest BCUT2D eigenvalue weighted by Gasteiger charge is -2.08. The second-order valence-electron chi connectivity index (χ2n) is 5.31. The normalized spacial score (nSPS) is 10.5. The predicted octanol–water partition coefficient (Wildman–Crippen LogP) is 3.45. The van der Waals surface area contributed by atoms with Gasteiger partial charge in [-0.05, 0) is 48.0 Å². The fourth-order valence-electron chi connectivity index (χ4n) is 2.22. The second-order valence-corrected chi connectivity index (χ2v) is 6.22. The van der Waals surface area contributed by atoms with Gasteiger partial charge in [-0.15, -0.1) is 0 Å². The van der Waals surface area contributed by atoms with Gasteiger partial charge >= 0.3 is 0 Å². The fourth-order valence-corrected chi connectivity index (χ4v) is 2.48. The molecule has 3 aromatic rings. The fraction of sp³-hybridized carbons (Fsp3) is 0.0556. The van der Waals surface area contributed by atoms with Crippen LogP contribution in [0.3, 0.4) is 0 Å². The van der Waals surface area contributed by atoms with Crippen molar-refractivity contribution in [2.45, 2.75) is 6.54 Å². The van der Waals surface area contributed by atoms with E-state index in [0.29, 0.717) is 11.3 Å². The summed E-state index contributed by atoms with van der Waals surface area (Å²) in [6, 6.07) is 15.6. The van der Waals surface area contributed by atoms with Gasteiger partial charge in [-0.3, -0.25) is 9.59 Å². The first-order valence-corrected chi connectivity index (χ1v) is 8.20. The van der Waals surface area contributed by atoms with E-state index in [9.17, 15) is 14.0 Å². The smallest absolute Gasteiger partial charge is 0.276 e. The van der Waals surface area contributed by atoms with Gasteiger partial charge in [0, 0.05) is 16.2 Å². The van der Waals surface area contributed by atoms with Crippen LogP contribution in [0, 0.1) is 5.82 Å². The number of carbonyl (C=O) groups excluding carboxylic acids is 1. The topological polar surface area (TPSA) is 64.0 Å². The Morgan fingerprint density at radius 2 is 1.88 bits per heavy atom. The molecule has 0 saturated heterocycles. The Bertz CT molecular complexity index is 971. The van der Waals surface area contributed by atoms with E-state index in [1.54, 1.807) is 36.4 Å². The standard InChI is InChI=1S/C18H13BrFN3O2/c19-13-4-6-15(7-5-13)21-18(25)16-8-9-17(24)23(22-16)11-12-2-1-3-14(20)10-12/h1-10H,11H2,(H,21,25). The molecular weight excluding hydrogens is 389 g/mol. The lowest BCUT2D eigenvalue weighted by molar-refractivity contribution is 0.102. The van der Waals surface area contributed by atoms with Crippen LogP contribution in [0.5, 0.6) is 0 Å². The number of rotatable bonds is 4. The molecule has 0 aliphatic heterocycles. The van der Waals surface area contributed by atoms with Gasteiger partial charge < -0.3 is 5.32 Å². The highest BCUT2D eigenvalue weighted by atomic mass is 79.9. The summed E-state index contributed by atoms with van der Waals surface area (Å²) in [6.07, 6.45) is 0. The number of aromatic nitrogens is 2. The molecule has 0 bridgehead atoms.